The Morgan fingerprint density at radius 1 is 1.00 bits per heavy atom. The van der Waals surface area contributed by atoms with E-state index in [2.05, 4.69) is 42.9 Å². The minimum atomic E-state index is -0.489. The zero-order valence-corrected chi connectivity index (χ0v) is 22.5. The first-order chi connectivity index (χ1) is 17.3. The predicted octanol–water partition coefficient (Wildman–Crippen LogP) is 6.20. The van der Waals surface area contributed by atoms with Crippen molar-refractivity contribution < 1.29 is 27.8 Å². The van der Waals surface area contributed by atoms with Gasteiger partial charge in [-0.3, -0.25) is 4.79 Å². The van der Waals surface area contributed by atoms with E-state index in [0.29, 0.717) is 29.7 Å². The Morgan fingerprint density at radius 3 is 2.53 bits per heavy atom. The van der Waals surface area contributed by atoms with E-state index in [9.17, 15) is 18.8 Å². The van der Waals surface area contributed by atoms with E-state index in [1.54, 1.807) is 31.2 Å². The van der Waals surface area contributed by atoms with Crippen LogP contribution in [-0.2, 0) is 40.3 Å². The lowest BCUT2D eigenvalue weighted by Crippen LogP contribution is -2.11. The molecule has 0 fully saturated rings. The summed E-state index contributed by atoms with van der Waals surface area (Å²) in [7, 11) is 0. The molecule has 0 aliphatic carbocycles. The van der Waals surface area contributed by atoms with Crippen molar-refractivity contribution in [2.75, 3.05) is 13.2 Å². The second-order valence-corrected chi connectivity index (χ2v) is 9.23. The second-order valence-electron chi connectivity index (χ2n) is 7.63. The Bertz CT molecular complexity index is 1280. The first-order valence-electron chi connectivity index (χ1n) is 11.0. The molecule has 3 rings (SSSR count). The molecular formula is C26H22Br2F2N2O4. The van der Waals surface area contributed by atoms with Crippen LogP contribution in [0, 0.1) is 23.0 Å². The van der Waals surface area contributed by atoms with Gasteiger partial charge >= 0.3 is 5.97 Å². The van der Waals surface area contributed by atoms with Crippen LogP contribution in [0.15, 0.2) is 51.5 Å². The Kier molecular flexibility index (Phi) is 10.3. The van der Waals surface area contributed by atoms with E-state index >= 15 is 0 Å². The molecule has 0 saturated heterocycles. The monoisotopic (exact) mass is 622 g/mol. The number of hydrogen-bond acceptors (Lipinski definition) is 6. The highest BCUT2D eigenvalue weighted by Crippen LogP contribution is 2.23. The van der Waals surface area contributed by atoms with Gasteiger partial charge in [-0.25, -0.2) is 13.8 Å². The standard InChI is InChI=1S/C26H22Br2F2N2O4/c1-2-35-25(33)12-19-11-23(30)21(27)10-20(19)14-34-8-7-17-9-16(13-31)3-4-18(17)15-36-24-6-5-22(29)26(28)32-24/h3-6,9-11H,2,7-8,12,14-15H2,1H3. The molecule has 36 heavy (non-hydrogen) atoms. The summed E-state index contributed by atoms with van der Waals surface area (Å²) in [5, 5.41) is 9.29. The molecule has 0 aliphatic heterocycles. The second kappa shape index (κ2) is 13.4. The number of nitrogens with zero attached hydrogens (tertiary/aromatic N) is 2. The third-order valence-corrected chi connectivity index (χ3v) is 6.31. The largest absolute Gasteiger partial charge is 0.473 e. The van der Waals surface area contributed by atoms with Crippen LogP contribution in [0.3, 0.4) is 0 Å². The van der Waals surface area contributed by atoms with E-state index in [1.807, 2.05) is 0 Å². The fraction of sp³-hybridized carbons (Fsp3) is 0.269. The maximum absolute atomic E-state index is 14.1. The Hall–Kier alpha value is -2.87. The van der Waals surface area contributed by atoms with Crippen LogP contribution < -0.4 is 4.74 Å². The highest BCUT2D eigenvalue weighted by molar-refractivity contribution is 9.10. The molecule has 6 nitrogen and oxygen atoms in total. The molecule has 3 aromatic rings. The number of carbonyl (C=O) groups excluding carboxylic acids is 1. The number of esters is 1. The number of ether oxygens (including phenoxy) is 3. The topological polar surface area (TPSA) is 81.4 Å². The highest BCUT2D eigenvalue weighted by atomic mass is 79.9. The predicted molar refractivity (Wildman–Crippen MR) is 135 cm³/mol. The van der Waals surface area contributed by atoms with Gasteiger partial charge in [0.15, 0.2) is 5.82 Å². The fourth-order valence-corrected chi connectivity index (χ4v) is 4.06. The van der Waals surface area contributed by atoms with Crippen molar-refractivity contribution in [2.45, 2.75) is 33.0 Å². The molecule has 0 bridgehead atoms. The van der Waals surface area contributed by atoms with Gasteiger partial charge in [-0.15, -0.1) is 0 Å². The van der Waals surface area contributed by atoms with Crippen LogP contribution in [-0.4, -0.2) is 24.2 Å². The quantitative estimate of drug-likeness (QED) is 0.144. The average Bonchev–Trinajstić information content (AvgIpc) is 2.85. The summed E-state index contributed by atoms with van der Waals surface area (Å²) < 4.78 is 44.3. The van der Waals surface area contributed by atoms with Crippen molar-refractivity contribution in [2.24, 2.45) is 0 Å². The fourth-order valence-electron chi connectivity index (χ4n) is 3.36. The normalized spacial score (nSPS) is 10.7. The summed E-state index contributed by atoms with van der Waals surface area (Å²) in [4.78, 5) is 15.9. The lowest BCUT2D eigenvalue weighted by atomic mass is 10.0. The molecule has 2 aromatic carbocycles. The van der Waals surface area contributed by atoms with Crippen LogP contribution >= 0.6 is 31.9 Å². The van der Waals surface area contributed by atoms with Crippen molar-refractivity contribution in [1.29, 1.82) is 5.26 Å². The molecule has 0 unspecified atom stereocenters. The smallest absolute Gasteiger partial charge is 0.310 e. The summed E-state index contributed by atoms with van der Waals surface area (Å²) in [5.74, 6) is -1.15. The lowest BCUT2D eigenvalue weighted by Gasteiger charge is -2.14. The average molecular weight is 624 g/mol. The Labute approximate surface area is 224 Å². The first kappa shape index (κ1) is 27.7. The van der Waals surface area contributed by atoms with Gasteiger partial charge in [-0.2, -0.15) is 5.26 Å². The summed E-state index contributed by atoms with van der Waals surface area (Å²) in [6, 6.07) is 12.9. The van der Waals surface area contributed by atoms with Gasteiger partial charge in [-0.1, -0.05) is 6.07 Å². The Morgan fingerprint density at radius 2 is 1.81 bits per heavy atom. The SMILES string of the molecule is CCOC(=O)Cc1cc(F)c(Br)cc1COCCc1cc(C#N)ccc1COc1ccc(F)c(Br)n1. The van der Waals surface area contributed by atoms with E-state index in [0.717, 1.165) is 11.1 Å². The molecular weight excluding hydrogens is 602 g/mol. The summed E-state index contributed by atoms with van der Waals surface area (Å²) in [6.45, 7) is 2.58. The van der Waals surface area contributed by atoms with Crippen LogP contribution in [0.4, 0.5) is 8.78 Å². The molecule has 10 heteroatoms. The Balaban J connectivity index is 1.66. The van der Waals surface area contributed by atoms with Gasteiger partial charge in [0.2, 0.25) is 5.88 Å². The minimum Gasteiger partial charge on any atom is -0.473 e. The number of pyridine rings is 1. The van der Waals surface area contributed by atoms with Gasteiger partial charge in [-0.05, 0) is 97.8 Å². The summed E-state index contributed by atoms with van der Waals surface area (Å²) in [6.07, 6.45) is 0.417. The molecule has 0 spiro atoms. The van der Waals surface area contributed by atoms with Gasteiger partial charge < -0.3 is 14.2 Å². The molecule has 188 valence electrons. The highest BCUT2D eigenvalue weighted by Gasteiger charge is 2.14. The molecule has 0 saturated carbocycles. The maximum Gasteiger partial charge on any atom is 0.310 e. The van der Waals surface area contributed by atoms with Crippen LogP contribution in [0.2, 0.25) is 0 Å². The van der Waals surface area contributed by atoms with Crippen molar-refractivity contribution in [3.05, 3.63) is 91.0 Å². The molecule has 0 aliphatic rings. The van der Waals surface area contributed by atoms with Crippen molar-refractivity contribution in [3.8, 4) is 11.9 Å². The molecule has 0 amide bonds. The molecule has 0 radical (unpaired) electrons. The third kappa shape index (κ3) is 7.82. The lowest BCUT2D eigenvalue weighted by molar-refractivity contribution is -0.142. The number of hydrogen-bond donors (Lipinski definition) is 0. The van der Waals surface area contributed by atoms with Crippen molar-refractivity contribution in [1.82, 2.24) is 4.98 Å². The third-order valence-electron chi connectivity index (χ3n) is 5.14. The van der Waals surface area contributed by atoms with Gasteiger partial charge in [0, 0.05) is 6.07 Å². The van der Waals surface area contributed by atoms with Crippen LogP contribution in [0.1, 0.15) is 34.7 Å². The zero-order chi connectivity index (χ0) is 26.1. The minimum absolute atomic E-state index is 0.0585. The molecule has 0 atom stereocenters. The van der Waals surface area contributed by atoms with Gasteiger partial charge in [0.05, 0.1) is 42.3 Å². The number of aromatic nitrogens is 1. The maximum atomic E-state index is 14.1. The first-order valence-corrected chi connectivity index (χ1v) is 12.6. The van der Waals surface area contributed by atoms with E-state index in [4.69, 9.17) is 14.2 Å². The summed E-state index contributed by atoms with van der Waals surface area (Å²) in [5.41, 5.74) is 3.33. The number of benzene rings is 2. The van der Waals surface area contributed by atoms with E-state index in [-0.39, 0.29) is 41.2 Å². The van der Waals surface area contributed by atoms with Crippen molar-refractivity contribution in [3.63, 3.8) is 0 Å². The number of rotatable bonds is 11. The summed E-state index contributed by atoms with van der Waals surface area (Å²) >= 11 is 6.21. The molecule has 0 N–H and O–H groups in total. The van der Waals surface area contributed by atoms with E-state index in [1.165, 1.54) is 18.2 Å². The number of carbonyl (C=O) groups is 1. The molecule has 1 aromatic heterocycles. The molecule has 1 heterocycles. The zero-order valence-electron chi connectivity index (χ0n) is 19.3. The van der Waals surface area contributed by atoms with Crippen LogP contribution in [0.5, 0.6) is 5.88 Å². The number of halogens is 4. The van der Waals surface area contributed by atoms with Crippen molar-refractivity contribution >= 4 is 37.8 Å². The van der Waals surface area contributed by atoms with E-state index < -0.39 is 17.6 Å². The number of nitriles is 1. The van der Waals surface area contributed by atoms with Gasteiger partial charge in [0.25, 0.3) is 0 Å². The van der Waals surface area contributed by atoms with Gasteiger partial charge in [0.1, 0.15) is 17.0 Å². The van der Waals surface area contributed by atoms with Crippen LogP contribution in [0.25, 0.3) is 0 Å².